The zero-order valence-electron chi connectivity index (χ0n) is 6.68. The van der Waals surface area contributed by atoms with Gasteiger partial charge in [0.25, 0.3) is 5.91 Å². The Hall–Kier alpha value is -0.660. The summed E-state index contributed by atoms with van der Waals surface area (Å²) in [5, 5.41) is 0. The fourth-order valence-corrected chi connectivity index (χ4v) is 2.17. The van der Waals surface area contributed by atoms with Gasteiger partial charge in [0.15, 0.2) is 0 Å². The molecule has 1 aliphatic carbocycles. The third-order valence-corrected chi connectivity index (χ3v) is 2.95. The summed E-state index contributed by atoms with van der Waals surface area (Å²) >= 11 is 0. The van der Waals surface area contributed by atoms with Gasteiger partial charge in [0.1, 0.15) is 0 Å². The van der Waals surface area contributed by atoms with Crippen LogP contribution in [-0.2, 0) is 4.79 Å². The Bertz CT molecular complexity index is 202. The highest BCUT2D eigenvalue weighted by molar-refractivity contribution is 5.96. The molecule has 0 atom stereocenters. The fraction of sp³-hybridized carbons (Fsp3) is 0.778. The predicted molar refractivity (Wildman–Crippen MR) is 43.6 cm³/mol. The average Bonchev–Trinajstić information content (AvgIpc) is 2.36. The van der Waals surface area contributed by atoms with Crippen molar-refractivity contribution in [3.05, 3.63) is 0 Å². The van der Waals surface area contributed by atoms with Crippen molar-refractivity contribution in [2.45, 2.75) is 38.5 Å². The molecule has 1 amide bonds. The van der Waals surface area contributed by atoms with Crippen LogP contribution in [0.5, 0.6) is 0 Å². The molecule has 2 nitrogen and oxygen atoms in total. The smallest absolute Gasteiger partial charge is 0.251 e. The van der Waals surface area contributed by atoms with E-state index in [1.807, 2.05) is 0 Å². The Kier molecular flexibility index (Phi) is 1.55. The van der Waals surface area contributed by atoms with E-state index in [1.165, 1.54) is 19.3 Å². The van der Waals surface area contributed by atoms with Crippen molar-refractivity contribution in [1.82, 2.24) is 0 Å². The van der Waals surface area contributed by atoms with E-state index < -0.39 is 0 Å². The quantitative estimate of drug-likeness (QED) is 0.520. The van der Waals surface area contributed by atoms with Gasteiger partial charge < -0.3 is 0 Å². The summed E-state index contributed by atoms with van der Waals surface area (Å²) in [6.07, 6.45) is 8.59. The molecule has 1 saturated carbocycles. The van der Waals surface area contributed by atoms with Crippen LogP contribution in [0, 0.1) is 5.41 Å². The number of rotatable bonds is 0. The number of nitrogens with zero attached hydrogens (tertiary/aromatic N) is 1. The minimum absolute atomic E-state index is 0.0295. The van der Waals surface area contributed by atoms with Crippen LogP contribution in [0.4, 0.5) is 0 Å². The summed E-state index contributed by atoms with van der Waals surface area (Å²) in [5.74, 6) is 0.150. The first-order valence-electron chi connectivity index (χ1n) is 4.40. The molecule has 0 N–H and O–H groups in total. The van der Waals surface area contributed by atoms with Crippen molar-refractivity contribution < 1.29 is 4.79 Å². The molecule has 2 aliphatic rings. The van der Waals surface area contributed by atoms with E-state index in [9.17, 15) is 4.79 Å². The Balaban J connectivity index is 2.15. The zero-order valence-corrected chi connectivity index (χ0v) is 6.68. The van der Waals surface area contributed by atoms with Gasteiger partial charge in [-0.1, -0.05) is 19.3 Å². The molecule has 60 valence electrons. The monoisotopic (exact) mass is 151 g/mol. The summed E-state index contributed by atoms with van der Waals surface area (Å²) < 4.78 is 0. The Morgan fingerprint density at radius 3 is 2.55 bits per heavy atom. The molecule has 0 unspecified atom stereocenters. The number of hydrogen-bond acceptors (Lipinski definition) is 1. The number of amides is 1. The minimum atomic E-state index is -0.0295. The van der Waals surface area contributed by atoms with Gasteiger partial charge in [-0.3, -0.25) is 4.79 Å². The molecule has 0 aromatic heterocycles. The number of aliphatic imine (C=N–C) groups is 1. The van der Waals surface area contributed by atoms with E-state index in [1.54, 1.807) is 6.21 Å². The Labute approximate surface area is 66.7 Å². The third-order valence-electron chi connectivity index (χ3n) is 2.95. The lowest BCUT2D eigenvalue weighted by molar-refractivity contribution is -0.127. The van der Waals surface area contributed by atoms with Crippen LogP contribution >= 0.6 is 0 Å². The standard InChI is InChI=1S/C9H13NO/c11-8-9(6-7-10-8)4-2-1-3-5-9/h7H,1-6H2. The van der Waals surface area contributed by atoms with Crippen molar-refractivity contribution in [3.8, 4) is 0 Å². The van der Waals surface area contributed by atoms with Gasteiger partial charge in [-0.15, -0.1) is 0 Å². The first kappa shape index (κ1) is 7.01. The summed E-state index contributed by atoms with van der Waals surface area (Å²) in [6.45, 7) is 0. The number of hydrogen-bond donors (Lipinski definition) is 0. The fourth-order valence-electron chi connectivity index (χ4n) is 2.17. The Morgan fingerprint density at radius 1 is 1.27 bits per heavy atom. The number of carbonyl (C=O) groups excluding carboxylic acids is 1. The molecule has 1 fully saturated rings. The highest BCUT2D eigenvalue weighted by atomic mass is 16.1. The molecule has 1 spiro atoms. The highest BCUT2D eigenvalue weighted by Gasteiger charge is 2.40. The van der Waals surface area contributed by atoms with Crippen LogP contribution in [0.25, 0.3) is 0 Å². The van der Waals surface area contributed by atoms with Crippen molar-refractivity contribution in [2.24, 2.45) is 10.4 Å². The van der Waals surface area contributed by atoms with Gasteiger partial charge in [-0.05, 0) is 19.3 Å². The van der Waals surface area contributed by atoms with Crippen LogP contribution in [0.2, 0.25) is 0 Å². The molecule has 0 radical (unpaired) electrons. The van der Waals surface area contributed by atoms with Crippen LogP contribution in [0.3, 0.4) is 0 Å². The molecule has 0 aromatic rings. The van der Waals surface area contributed by atoms with Crippen LogP contribution < -0.4 is 0 Å². The molecule has 1 heterocycles. The van der Waals surface area contributed by atoms with Gasteiger partial charge in [0.05, 0.1) is 5.41 Å². The lowest BCUT2D eigenvalue weighted by Crippen LogP contribution is -2.28. The van der Waals surface area contributed by atoms with Crippen molar-refractivity contribution in [3.63, 3.8) is 0 Å². The zero-order chi connectivity index (χ0) is 7.73. The molecular weight excluding hydrogens is 138 g/mol. The van der Waals surface area contributed by atoms with E-state index in [4.69, 9.17) is 0 Å². The molecule has 2 rings (SSSR count). The second kappa shape index (κ2) is 2.43. The Morgan fingerprint density at radius 2 is 2.00 bits per heavy atom. The van der Waals surface area contributed by atoms with Gasteiger partial charge in [0.2, 0.25) is 0 Å². The van der Waals surface area contributed by atoms with Crippen LogP contribution in [0.15, 0.2) is 4.99 Å². The highest BCUT2D eigenvalue weighted by Crippen LogP contribution is 2.42. The first-order chi connectivity index (χ1) is 5.33. The van der Waals surface area contributed by atoms with Crippen molar-refractivity contribution >= 4 is 12.1 Å². The van der Waals surface area contributed by atoms with Gasteiger partial charge in [-0.25, -0.2) is 4.99 Å². The summed E-state index contributed by atoms with van der Waals surface area (Å²) in [5.41, 5.74) is -0.0295. The molecule has 0 saturated heterocycles. The second-order valence-corrected chi connectivity index (χ2v) is 3.66. The normalized spacial score (nSPS) is 28.2. The number of carbonyl (C=O) groups is 1. The first-order valence-corrected chi connectivity index (χ1v) is 4.40. The summed E-state index contributed by atoms with van der Waals surface area (Å²) in [4.78, 5) is 15.2. The van der Waals surface area contributed by atoms with Gasteiger partial charge in [0, 0.05) is 6.21 Å². The average molecular weight is 151 g/mol. The molecule has 0 aromatic carbocycles. The lowest BCUT2D eigenvalue weighted by Gasteiger charge is -2.29. The summed E-state index contributed by atoms with van der Waals surface area (Å²) in [6, 6.07) is 0. The largest absolute Gasteiger partial charge is 0.272 e. The molecular formula is C9H13NO. The maximum absolute atomic E-state index is 11.4. The van der Waals surface area contributed by atoms with E-state index >= 15 is 0 Å². The third kappa shape index (κ3) is 1.01. The SMILES string of the molecule is O=C1N=CCC12CCCCC2. The second-order valence-electron chi connectivity index (χ2n) is 3.66. The predicted octanol–water partition coefficient (Wildman–Crippen LogP) is 1.94. The lowest BCUT2D eigenvalue weighted by atomic mass is 9.73. The van der Waals surface area contributed by atoms with Crippen molar-refractivity contribution in [2.75, 3.05) is 0 Å². The van der Waals surface area contributed by atoms with Crippen molar-refractivity contribution in [1.29, 1.82) is 0 Å². The van der Waals surface area contributed by atoms with E-state index in [2.05, 4.69) is 4.99 Å². The molecule has 1 aliphatic heterocycles. The van der Waals surface area contributed by atoms with E-state index in [0.717, 1.165) is 19.3 Å². The molecule has 11 heavy (non-hydrogen) atoms. The molecule has 0 bridgehead atoms. The maximum Gasteiger partial charge on any atom is 0.251 e. The topological polar surface area (TPSA) is 29.4 Å². The van der Waals surface area contributed by atoms with E-state index in [0.29, 0.717) is 0 Å². The van der Waals surface area contributed by atoms with Gasteiger partial charge in [-0.2, -0.15) is 0 Å². The van der Waals surface area contributed by atoms with E-state index in [-0.39, 0.29) is 11.3 Å². The summed E-state index contributed by atoms with van der Waals surface area (Å²) in [7, 11) is 0. The van der Waals surface area contributed by atoms with Crippen LogP contribution in [0.1, 0.15) is 38.5 Å². The maximum atomic E-state index is 11.4. The van der Waals surface area contributed by atoms with Gasteiger partial charge >= 0.3 is 0 Å². The molecule has 2 heteroatoms. The minimum Gasteiger partial charge on any atom is -0.272 e. The van der Waals surface area contributed by atoms with Crippen LogP contribution in [-0.4, -0.2) is 12.1 Å².